The van der Waals surface area contributed by atoms with E-state index in [1.54, 1.807) is 38.1 Å². The molecule has 1 aromatic carbocycles. The van der Waals surface area contributed by atoms with Crippen molar-refractivity contribution < 1.29 is 17.9 Å². The second-order valence-electron chi connectivity index (χ2n) is 5.26. The number of benzene rings is 1. The molecule has 1 N–H and O–H groups in total. The number of hydrogen-bond acceptors (Lipinski definition) is 4. The molecule has 116 valence electrons. The van der Waals surface area contributed by atoms with Crippen molar-refractivity contribution in [1.82, 2.24) is 9.62 Å². The summed E-state index contributed by atoms with van der Waals surface area (Å²) in [4.78, 5) is 12.2. The zero-order valence-corrected chi connectivity index (χ0v) is 13.2. The molecule has 0 aromatic heterocycles. The van der Waals surface area contributed by atoms with Gasteiger partial charge >= 0.3 is 0 Å². The molecular weight excluding hydrogens is 292 g/mol. The summed E-state index contributed by atoms with van der Waals surface area (Å²) < 4.78 is 32.3. The third-order valence-electron chi connectivity index (χ3n) is 3.66. The summed E-state index contributed by atoms with van der Waals surface area (Å²) in [5.74, 6) is -0.327. The predicted molar refractivity (Wildman–Crippen MR) is 78.4 cm³/mol. The van der Waals surface area contributed by atoms with Crippen LogP contribution in [-0.2, 0) is 19.6 Å². The maximum absolute atomic E-state index is 12.7. The van der Waals surface area contributed by atoms with Crippen molar-refractivity contribution in [3.8, 4) is 0 Å². The molecule has 21 heavy (non-hydrogen) atoms. The summed E-state index contributed by atoms with van der Waals surface area (Å²) in [7, 11) is -2.13. The number of morpholine rings is 1. The van der Waals surface area contributed by atoms with E-state index in [4.69, 9.17) is 4.74 Å². The van der Waals surface area contributed by atoms with Gasteiger partial charge < -0.3 is 10.1 Å². The Labute approximate surface area is 125 Å². The van der Waals surface area contributed by atoms with Crippen molar-refractivity contribution in [3.05, 3.63) is 29.8 Å². The van der Waals surface area contributed by atoms with Crippen LogP contribution in [0.25, 0.3) is 0 Å². The average Bonchev–Trinajstić information content (AvgIpc) is 2.46. The fourth-order valence-electron chi connectivity index (χ4n) is 2.43. The average molecular weight is 312 g/mol. The zero-order chi connectivity index (χ0) is 15.7. The number of nitrogens with one attached hydrogen (secondary N) is 1. The topological polar surface area (TPSA) is 75.7 Å². The number of nitrogens with zero attached hydrogens (tertiary/aromatic N) is 1. The van der Waals surface area contributed by atoms with Gasteiger partial charge in [-0.25, -0.2) is 8.42 Å². The quantitative estimate of drug-likeness (QED) is 0.883. The van der Waals surface area contributed by atoms with E-state index in [1.165, 1.54) is 11.4 Å². The predicted octanol–water partition coefficient (Wildman–Crippen LogP) is 0.521. The molecule has 1 heterocycles. The molecular formula is C14H20N2O4S. The standard InChI is InChI=1S/C14H20N2O4S/c1-11-6-4-5-7-12(11)21(18,19)16-8-9-20-14(2,10-16)13(17)15-3/h4-7H,8-10H2,1-3H3,(H,15,17)/t14-/m0/s1. The molecule has 0 unspecified atom stereocenters. The lowest BCUT2D eigenvalue weighted by molar-refractivity contribution is -0.151. The molecule has 1 aromatic rings. The molecule has 2 rings (SSSR count). The minimum Gasteiger partial charge on any atom is -0.363 e. The highest BCUT2D eigenvalue weighted by Crippen LogP contribution is 2.25. The first kappa shape index (κ1) is 15.9. The van der Waals surface area contributed by atoms with Crippen LogP contribution in [-0.4, -0.2) is 51.0 Å². The normalized spacial score (nSPS) is 23.8. The third kappa shape index (κ3) is 2.95. The molecule has 1 atom stereocenters. The van der Waals surface area contributed by atoms with Crippen LogP contribution < -0.4 is 5.32 Å². The molecule has 1 aliphatic heterocycles. The summed E-state index contributed by atoms with van der Waals surface area (Å²) in [6.45, 7) is 3.79. The van der Waals surface area contributed by atoms with E-state index in [9.17, 15) is 13.2 Å². The lowest BCUT2D eigenvalue weighted by Crippen LogP contribution is -2.58. The molecule has 1 amide bonds. The van der Waals surface area contributed by atoms with Gasteiger partial charge in [0.2, 0.25) is 10.0 Å². The van der Waals surface area contributed by atoms with Crippen molar-refractivity contribution in [2.24, 2.45) is 0 Å². The van der Waals surface area contributed by atoms with E-state index >= 15 is 0 Å². The van der Waals surface area contributed by atoms with E-state index in [0.29, 0.717) is 5.56 Å². The highest BCUT2D eigenvalue weighted by Gasteiger charge is 2.42. The SMILES string of the molecule is CNC(=O)[C@]1(C)CN(S(=O)(=O)c2ccccc2C)CCO1. The van der Waals surface area contributed by atoms with Crippen molar-refractivity contribution in [1.29, 1.82) is 0 Å². The summed E-state index contributed by atoms with van der Waals surface area (Å²) in [5.41, 5.74) is -0.478. The molecule has 6 nitrogen and oxygen atoms in total. The van der Waals surface area contributed by atoms with Crippen LogP contribution in [0, 0.1) is 6.92 Å². The van der Waals surface area contributed by atoms with E-state index in [2.05, 4.69) is 5.32 Å². The summed E-state index contributed by atoms with van der Waals surface area (Å²) >= 11 is 0. The van der Waals surface area contributed by atoms with Crippen LogP contribution >= 0.6 is 0 Å². The van der Waals surface area contributed by atoms with Crippen LogP contribution in [0.5, 0.6) is 0 Å². The maximum atomic E-state index is 12.7. The monoisotopic (exact) mass is 312 g/mol. The molecule has 0 bridgehead atoms. The number of sulfonamides is 1. The molecule has 1 fully saturated rings. The summed E-state index contributed by atoms with van der Waals surface area (Å²) in [5, 5.41) is 2.51. The second kappa shape index (κ2) is 5.75. The molecule has 1 saturated heterocycles. The Balaban J connectivity index is 2.33. The van der Waals surface area contributed by atoms with Crippen LogP contribution in [0.4, 0.5) is 0 Å². The number of rotatable bonds is 3. The molecule has 0 radical (unpaired) electrons. The number of ether oxygens (including phenoxy) is 1. The zero-order valence-electron chi connectivity index (χ0n) is 12.4. The Hall–Kier alpha value is -1.44. The molecule has 0 saturated carbocycles. The van der Waals surface area contributed by atoms with Gasteiger partial charge in [0.15, 0.2) is 5.60 Å². The Bertz CT molecular complexity index is 644. The van der Waals surface area contributed by atoms with Crippen molar-refractivity contribution in [2.45, 2.75) is 24.3 Å². The Morgan fingerprint density at radius 1 is 1.38 bits per heavy atom. The lowest BCUT2D eigenvalue weighted by atomic mass is 10.0. The molecule has 7 heteroatoms. The highest BCUT2D eigenvalue weighted by atomic mass is 32.2. The van der Waals surface area contributed by atoms with E-state index < -0.39 is 15.6 Å². The number of carbonyl (C=O) groups is 1. The lowest BCUT2D eigenvalue weighted by Gasteiger charge is -2.38. The van der Waals surface area contributed by atoms with Crippen molar-refractivity contribution in [3.63, 3.8) is 0 Å². The van der Waals surface area contributed by atoms with Crippen LogP contribution in [0.2, 0.25) is 0 Å². The van der Waals surface area contributed by atoms with Gasteiger partial charge in [0.25, 0.3) is 5.91 Å². The number of aryl methyl sites for hydroxylation is 1. The van der Waals surface area contributed by atoms with Crippen molar-refractivity contribution in [2.75, 3.05) is 26.7 Å². The maximum Gasteiger partial charge on any atom is 0.253 e. The molecule has 0 spiro atoms. The minimum atomic E-state index is -3.63. The Morgan fingerprint density at radius 3 is 2.67 bits per heavy atom. The fourth-order valence-corrected chi connectivity index (χ4v) is 4.16. The van der Waals surface area contributed by atoms with Gasteiger partial charge in [-0.05, 0) is 25.5 Å². The van der Waals surface area contributed by atoms with Crippen molar-refractivity contribution >= 4 is 15.9 Å². The molecule has 1 aliphatic rings. The largest absolute Gasteiger partial charge is 0.363 e. The van der Waals surface area contributed by atoms with Gasteiger partial charge in [-0.15, -0.1) is 0 Å². The van der Waals surface area contributed by atoms with Gasteiger partial charge in [-0.1, -0.05) is 18.2 Å². The first-order valence-electron chi connectivity index (χ1n) is 6.73. The number of hydrogen-bond donors (Lipinski definition) is 1. The second-order valence-corrected chi connectivity index (χ2v) is 7.17. The minimum absolute atomic E-state index is 0.00331. The van der Waals surface area contributed by atoms with E-state index in [-0.39, 0.29) is 30.5 Å². The van der Waals surface area contributed by atoms with Gasteiger partial charge in [-0.2, -0.15) is 4.31 Å². The Kier molecular flexibility index (Phi) is 4.36. The highest BCUT2D eigenvalue weighted by molar-refractivity contribution is 7.89. The summed E-state index contributed by atoms with van der Waals surface area (Å²) in [6, 6.07) is 6.82. The number of amides is 1. The first-order chi connectivity index (χ1) is 9.81. The third-order valence-corrected chi connectivity index (χ3v) is 5.66. The number of carbonyl (C=O) groups excluding carboxylic acids is 1. The van der Waals surface area contributed by atoms with Crippen LogP contribution in [0.15, 0.2) is 29.2 Å². The summed E-state index contributed by atoms with van der Waals surface area (Å²) in [6.07, 6.45) is 0. The fraction of sp³-hybridized carbons (Fsp3) is 0.500. The van der Waals surface area contributed by atoms with E-state index in [1.807, 2.05) is 0 Å². The van der Waals surface area contributed by atoms with Gasteiger partial charge in [0.1, 0.15) is 0 Å². The molecule has 0 aliphatic carbocycles. The van der Waals surface area contributed by atoms with Gasteiger partial charge in [-0.3, -0.25) is 4.79 Å². The van der Waals surface area contributed by atoms with Crippen LogP contribution in [0.1, 0.15) is 12.5 Å². The van der Waals surface area contributed by atoms with Gasteiger partial charge in [0.05, 0.1) is 18.0 Å². The number of likely N-dealkylation sites (N-methyl/N-ethyl adjacent to an activating group) is 1. The smallest absolute Gasteiger partial charge is 0.253 e. The van der Waals surface area contributed by atoms with E-state index in [0.717, 1.165) is 0 Å². The van der Waals surface area contributed by atoms with Gasteiger partial charge in [0, 0.05) is 13.6 Å². The van der Waals surface area contributed by atoms with Crippen LogP contribution in [0.3, 0.4) is 0 Å². The first-order valence-corrected chi connectivity index (χ1v) is 8.17. The Morgan fingerprint density at radius 2 is 2.05 bits per heavy atom.